The zero-order chi connectivity index (χ0) is 25.5. The molecule has 4 aromatic rings. The maximum atomic E-state index is 13.8. The molecule has 0 bridgehead atoms. The van der Waals surface area contributed by atoms with Crippen LogP contribution in [0.4, 0.5) is 5.69 Å². The molecule has 3 heterocycles. The second kappa shape index (κ2) is 9.67. The molecule has 2 aromatic carbocycles. The maximum Gasteiger partial charge on any atom is 0.337 e. The SMILES string of the molecule is CCc1ccc(-n2c(=O)c3c4c(sc3n(CC(=O)N3CCN(c5ccccc5)CC3)c2=O)CCC4)cc1. The number of rotatable bonds is 5. The van der Waals surface area contributed by atoms with Gasteiger partial charge in [0.05, 0.1) is 11.1 Å². The van der Waals surface area contributed by atoms with E-state index in [-0.39, 0.29) is 18.0 Å². The first kappa shape index (κ1) is 23.7. The fourth-order valence-electron chi connectivity index (χ4n) is 5.54. The summed E-state index contributed by atoms with van der Waals surface area (Å²) in [7, 11) is 0. The molecule has 190 valence electrons. The molecule has 2 aliphatic rings. The van der Waals surface area contributed by atoms with Gasteiger partial charge in [0.25, 0.3) is 5.56 Å². The number of thiophene rings is 1. The lowest BCUT2D eigenvalue weighted by molar-refractivity contribution is -0.132. The van der Waals surface area contributed by atoms with Gasteiger partial charge in [-0.25, -0.2) is 9.36 Å². The highest BCUT2D eigenvalue weighted by atomic mass is 32.1. The van der Waals surface area contributed by atoms with Crippen LogP contribution in [0.5, 0.6) is 0 Å². The van der Waals surface area contributed by atoms with E-state index in [1.807, 2.05) is 47.4 Å². The van der Waals surface area contributed by atoms with Crippen LogP contribution in [0.3, 0.4) is 0 Å². The van der Waals surface area contributed by atoms with Gasteiger partial charge < -0.3 is 9.80 Å². The van der Waals surface area contributed by atoms with Gasteiger partial charge in [-0.1, -0.05) is 37.3 Å². The van der Waals surface area contributed by atoms with Crippen LogP contribution in [0.15, 0.2) is 64.2 Å². The molecule has 0 spiro atoms. The average molecular weight is 515 g/mol. The standard InChI is InChI=1S/C29H30N4O3S/c1-2-20-11-13-22(14-12-20)33-27(35)26-23-9-6-10-24(23)37-28(26)32(29(33)36)19-25(34)31-17-15-30(16-18-31)21-7-4-3-5-8-21/h3-5,7-8,11-14H,2,6,9-10,15-19H2,1H3. The van der Waals surface area contributed by atoms with Crippen molar-refractivity contribution in [3.05, 3.63) is 91.4 Å². The van der Waals surface area contributed by atoms with E-state index in [0.717, 1.165) is 55.6 Å². The number of hydrogen-bond acceptors (Lipinski definition) is 5. The first-order chi connectivity index (χ1) is 18.0. The largest absolute Gasteiger partial charge is 0.368 e. The molecule has 0 unspecified atom stereocenters. The van der Waals surface area contributed by atoms with Gasteiger partial charge in [0.15, 0.2) is 0 Å². The first-order valence-corrected chi connectivity index (χ1v) is 13.8. The number of piperazine rings is 1. The Bertz CT molecular complexity index is 1580. The van der Waals surface area contributed by atoms with E-state index < -0.39 is 5.69 Å². The van der Waals surface area contributed by atoms with Crippen LogP contribution in [-0.4, -0.2) is 46.1 Å². The number of hydrogen-bond donors (Lipinski definition) is 0. The van der Waals surface area contributed by atoms with E-state index in [9.17, 15) is 14.4 Å². The molecule has 0 atom stereocenters. The van der Waals surface area contributed by atoms with E-state index >= 15 is 0 Å². The zero-order valence-electron chi connectivity index (χ0n) is 21.0. The summed E-state index contributed by atoms with van der Waals surface area (Å²) in [6.45, 7) is 4.70. The Kier molecular flexibility index (Phi) is 6.20. The second-order valence-corrected chi connectivity index (χ2v) is 10.9. The molecule has 37 heavy (non-hydrogen) atoms. The summed E-state index contributed by atoms with van der Waals surface area (Å²) in [6.07, 6.45) is 3.66. The van der Waals surface area contributed by atoms with Crippen molar-refractivity contribution < 1.29 is 4.79 Å². The Morgan fingerprint density at radius 1 is 0.892 bits per heavy atom. The highest BCUT2D eigenvalue weighted by Gasteiger charge is 2.28. The maximum absolute atomic E-state index is 13.8. The fourth-order valence-corrected chi connectivity index (χ4v) is 6.92. The van der Waals surface area contributed by atoms with Crippen LogP contribution in [0, 0.1) is 0 Å². The predicted octanol–water partition coefficient (Wildman–Crippen LogP) is 3.61. The Labute approximate surface area is 219 Å². The molecule has 1 saturated heterocycles. The number of carbonyl (C=O) groups excluding carboxylic acids is 1. The molecule has 2 aromatic heterocycles. The van der Waals surface area contributed by atoms with Gasteiger partial charge in [0.1, 0.15) is 11.4 Å². The van der Waals surface area contributed by atoms with Crippen molar-refractivity contribution in [2.24, 2.45) is 0 Å². The Morgan fingerprint density at radius 2 is 1.62 bits per heavy atom. The van der Waals surface area contributed by atoms with Crippen LogP contribution in [0.2, 0.25) is 0 Å². The van der Waals surface area contributed by atoms with E-state index in [1.165, 1.54) is 20.8 Å². The van der Waals surface area contributed by atoms with Crippen molar-refractivity contribution in [2.45, 2.75) is 39.2 Å². The van der Waals surface area contributed by atoms with Gasteiger partial charge in [-0.15, -0.1) is 11.3 Å². The molecule has 0 saturated carbocycles. The number of anilines is 1. The summed E-state index contributed by atoms with van der Waals surface area (Å²) >= 11 is 1.51. The number of para-hydroxylation sites is 1. The second-order valence-electron chi connectivity index (χ2n) is 9.77. The summed E-state index contributed by atoms with van der Waals surface area (Å²) in [6, 6.07) is 17.8. The lowest BCUT2D eigenvalue weighted by atomic mass is 10.1. The van der Waals surface area contributed by atoms with Gasteiger partial charge in [-0.3, -0.25) is 14.2 Å². The highest BCUT2D eigenvalue weighted by Crippen LogP contribution is 2.35. The third-order valence-electron chi connectivity index (χ3n) is 7.64. The first-order valence-electron chi connectivity index (χ1n) is 13.0. The van der Waals surface area contributed by atoms with Crippen molar-refractivity contribution in [1.29, 1.82) is 0 Å². The van der Waals surface area contributed by atoms with E-state index in [2.05, 4.69) is 24.0 Å². The van der Waals surface area contributed by atoms with Crippen LogP contribution >= 0.6 is 11.3 Å². The molecule has 1 fully saturated rings. The van der Waals surface area contributed by atoms with Crippen LogP contribution < -0.4 is 16.1 Å². The summed E-state index contributed by atoms with van der Waals surface area (Å²) in [4.78, 5) is 46.9. The van der Waals surface area contributed by atoms with E-state index in [1.54, 1.807) is 4.57 Å². The Morgan fingerprint density at radius 3 is 2.32 bits per heavy atom. The minimum Gasteiger partial charge on any atom is -0.368 e. The summed E-state index contributed by atoms with van der Waals surface area (Å²) in [5.41, 5.74) is 3.18. The lowest BCUT2D eigenvalue weighted by Gasteiger charge is -2.36. The van der Waals surface area contributed by atoms with Crippen LogP contribution in [-0.2, 0) is 30.6 Å². The van der Waals surface area contributed by atoms with Crippen molar-refractivity contribution in [3.8, 4) is 5.69 Å². The van der Waals surface area contributed by atoms with Gasteiger partial charge in [0, 0.05) is 36.7 Å². The van der Waals surface area contributed by atoms with Crippen LogP contribution in [0.1, 0.15) is 29.3 Å². The van der Waals surface area contributed by atoms with Gasteiger partial charge in [-0.2, -0.15) is 0 Å². The van der Waals surface area contributed by atoms with Gasteiger partial charge >= 0.3 is 5.69 Å². The summed E-state index contributed by atoms with van der Waals surface area (Å²) in [5, 5.41) is 0.610. The van der Waals surface area contributed by atoms with Crippen molar-refractivity contribution >= 4 is 33.1 Å². The van der Waals surface area contributed by atoms with Crippen molar-refractivity contribution in [2.75, 3.05) is 31.1 Å². The number of benzene rings is 2. The van der Waals surface area contributed by atoms with E-state index in [0.29, 0.717) is 29.0 Å². The van der Waals surface area contributed by atoms with Crippen LogP contribution in [0.25, 0.3) is 15.9 Å². The molecular weight excluding hydrogens is 484 g/mol. The highest BCUT2D eigenvalue weighted by molar-refractivity contribution is 7.19. The number of amides is 1. The van der Waals surface area contributed by atoms with Crippen molar-refractivity contribution in [3.63, 3.8) is 0 Å². The molecule has 6 rings (SSSR count). The summed E-state index contributed by atoms with van der Waals surface area (Å²) < 4.78 is 2.80. The fraction of sp³-hybridized carbons (Fsp3) is 0.345. The zero-order valence-corrected chi connectivity index (χ0v) is 21.8. The Hall–Kier alpha value is -3.65. The molecule has 0 radical (unpaired) electrons. The number of aryl methyl sites for hydroxylation is 3. The molecule has 7 nitrogen and oxygen atoms in total. The van der Waals surface area contributed by atoms with Crippen molar-refractivity contribution in [1.82, 2.24) is 14.0 Å². The third-order valence-corrected chi connectivity index (χ3v) is 8.95. The van der Waals surface area contributed by atoms with Gasteiger partial charge in [0.2, 0.25) is 5.91 Å². The number of carbonyl (C=O) groups is 1. The molecule has 1 amide bonds. The Balaban J connectivity index is 1.35. The smallest absolute Gasteiger partial charge is 0.337 e. The van der Waals surface area contributed by atoms with Gasteiger partial charge in [-0.05, 0) is 61.1 Å². The molecular formula is C29H30N4O3S. The summed E-state index contributed by atoms with van der Waals surface area (Å²) in [5.74, 6) is -0.0869. The minimum atomic E-state index is -0.446. The minimum absolute atomic E-state index is 0.0621. The molecule has 8 heteroatoms. The molecule has 1 aliphatic heterocycles. The number of fused-ring (bicyclic) bond motifs is 3. The monoisotopic (exact) mass is 514 g/mol. The predicted molar refractivity (Wildman–Crippen MR) is 148 cm³/mol. The molecule has 1 aliphatic carbocycles. The van der Waals surface area contributed by atoms with E-state index in [4.69, 9.17) is 0 Å². The number of aromatic nitrogens is 2. The number of nitrogens with zero attached hydrogens (tertiary/aromatic N) is 4. The average Bonchev–Trinajstić information content (AvgIpc) is 3.54. The third kappa shape index (κ3) is 4.19. The molecule has 0 N–H and O–H groups in total. The quantitative estimate of drug-likeness (QED) is 0.408. The normalized spacial score (nSPS) is 15.4. The lowest BCUT2D eigenvalue weighted by Crippen LogP contribution is -2.50. The topological polar surface area (TPSA) is 67.6 Å².